The maximum absolute atomic E-state index is 13.0. The Morgan fingerprint density at radius 3 is 1.08 bits per heavy atom. The van der Waals surface area contributed by atoms with Crippen LogP contribution in [0.5, 0.6) is 0 Å². The molecule has 0 aliphatic rings. The zero-order valence-electron chi connectivity index (χ0n) is 48.9. The van der Waals surface area contributed by atoms with Gasteiger partial charge in [0.1, 0.15) is 13.2 Å². The lowest BCUT2D eigenvalue weighted by Crippen LogP contribution is -2.45. The number of phosphoric ester groups is 1. The van der Waals surface area contributed by atoms with Crippen molar-refractivity contribution in [1.82, 2.24) is 5.32 Å². The average molecular weight is 1040 g/mol. The van der Waals surface area contributed by atoms with Gasteiger partial charge in [-0.05, 0) is 44.9 Å². The van der Waals surface area contributed by atoms with Crippen LogP contribution in [0.15, 0.2) is 24.3 Å². The zero-order valence-corrected chi connectivity index (χ0v) is 49.8. The van der Waals surface area contributed by atoms with Crippen molar-refractivity contribution < 1.29 is 32.9 Å². The van der Waals surface area contributed by atoms with E-state index in [0.717, 1.165) is 38.5 Å². The number of amides is 1. The number of likely N-dealkylation sites (N-methyl/N-ethyl adjacent to an activating group) is 1. The number of hydrogen-bond acceptors (Lipinski definition) is 6. The van der Waals surface area contributed by atoms with Gasteiger partial charge in [0.25, 0.3) is 7.82 Å². The molecular formula is C63H125N2O6P. The van der Waals surface area contributed by atoms with Gasteiger partial charge in [-0.15, -0.1) is 0 Å². The summed E-state index contributed by atoms with van der Waals surface area (Å²) in [5.41, 5.74) is 0. The van der Waals surface area contributed by atoms with Crippen molar-refractivity contribution in [2.75, 3.05) is 40.9 Å². The molecule has 3 unspecified atom stereocenters. The Balaban J connectivity index is 4.10. The summed E-state index contributed by atoms with van der Waals surface area (Å²) < 4.78 is 23.4. The molecule has 3 atom stereocenters. The van der Waals surface area contributed by atoms with Crippen LogP contribution in [0, 0.1) is 0 Å². The van der Waals surface area contributed by atoms with Gasteiger partial charge in [0.15, 0.2) is 0 Å². The van der Waals surface area contributed by atoms with Crippen LogP contribution in [-0.2, 0) is 18.4 Å². The lowest BCUT2D eigenvalue weighted by Gasteiger charge is -2.29. The molecule has 0 aliphatic heterocycles. The highest BCUT2D eigenvalue weighted by Crippen LogP contribution is 2.38. The maximum Gasteiger partial charge on any atom is 0.268 e. The lowest BCUT2D eigenvalue weighted by molar-refractivity contribution is -0.870. The average Bonchev–Trinajstić information content (AvgIpc) is 3.34. The normalized spacial score (nSPS) is 13.9. The lowest BCUT2D eigenvalue weighted by atomic mass is 10.0. The van der Waals surface area contributed by atoms with Crippen LogP contribution in [0.2, 0.25) is 0 Å². The number of nitrogens with zero attached hydrogens (tertiary/aromatic N) is 1. The minimum Gasteiger partial charge on any atom is -0.756 e. The van der Waals surface area contributed by atoms with Crippen molar-refractivity contribution in [3.63, 3.8) is 0 Å². The van der Waals surface area contributed by atoms with Gasteiger partial charge in [-0.3, -0.25) is 9.36 Å². The second-order valence-corrected chi connectivity index (χ2v) is 24.5. The van der Waals surface area contributed by atoms with E-state index in [1.54, 1.807) is 6.08 Å². The Morgan fingerprint density at radius 2 is 0.764 bits per heavy atom. The summed E-state index contributed by atoms with van der Waals surface area (Å²) >= 11 is 0. The number of aliphatic hydroxyl groups is 1. The van der Waals surface area contributed by atoms with Crippen LogP contribution < -0.4 is 10.2 Å². The summed E-state index contributed by atoms with van der Waals surface area (Å²) in [5.74, 6) is -0.192. The molecule has 0 rings (SSSR count). The number of quaternary nitrogens is 1. The highest BCUT2D eigenvalue weighted by Gasteiger charge is 2.23. The first-order valence-corrected chi connectivity index (χ1v) is 33.2. The number of unbranched alkanes of at least 4 members (excludes halogenated alkanes) is 44. The Hall–Kier alpha value is -1.02. The standard InChI is InChI=1S/C63H125N2O6P/c1-6-8-10-12-14-16-18-20-22-24-26-28-29-30-31-32-33-34-35-37-39-41-43-45-47-49-51-53-55-57-63(67)64-61(60-71-72(68,69)70-59-58-65(3,4)5)62(66)56-54-52-50-48-46-44-42-40-38-36-27-25-23-21-19-17-15-13-11-9-7-2/h30-31,54,56,61-62,66H,6-29,32-53,55,57-60H2,1-5H3,(H-,64,67,68,69)/b31-30-,56-54+. The van der Waals surface area contributed by atoms with Crippen molar-refractivity contribution in [3.05, 3.63) is 24.3 Å². The molecule has 0 saturated heterocycles. The van der Waals surface area contributed by atoms with Gasteiger partial charge in [0.2, 0.25) is 5.91 Å². The molecule has 428 valence electrons. The molecule has 0 saturated carbocycles. The number of carbonyl (C=O) groups is 1. The van der Waals surface area contributed by atoms with Crippen LogP contribution in [0.1, 0.15) is 322 Å². The predicted molar refractivity (Wildman–Crippen MR) is 312 cm³/mol. The van der Waals surface area contributed by atoms with E-state index in [0.29, 0.717) is 17.4 Å². The SMILES string of the molecule is CCCCCCCCCCCCCC/C=C\CCCCCCCCCCCCCCCC(=O)NC(COP(=O)([O-])OCC[N+](C)(C)C)C(O)/C=C/CCCCCCCCCCCCCCCCCCCCC. The first-order chi connectivity index (χ1) is 35.0. The fraction of sp³-hybridized carbons (Fsp3) is 0.921. The van der Waals surface area contributed by atoms with E-state index in [1.807, 2.05) is 27.2 Å². The predicted octanol–water partition coefficient (Wildman–Crippen LogP) is 18.9. The van der Waals surface area contributed by atoms with E-state index in [1.165, 1.54) is 263 Å². The van der Waals surface area contributed by atoms with Crippen molar-refractivity contribution in [1.29, 1.82) is 0 Å². The molecule has 8 nitrogen and oxygen atoms in total. The molecule has 0 spiro atoms. The Kier molecular flexibility index (Phi) is 54.0. The van der Waals surface area contributed by atoms with E-state index in [9.17, 15) is 19.4 Å². The first kappa shape index (κ1) is 71.0. The van der Waals surface area contributed by atoms with Gasteiger partial charge in [0, 0.05) is 6.42 Å². The van der Waals surface area contributed by atoms with Gasteiger partial charge < -0.3 is 28.8 Å². The fourth-order valence-corrected chi connectivity index (χ4v) is 10.4. The molecule has 1 amide bonds. The minimum atomic E-state index is -4.60. The van der Waals surface area contributed by atoms with Crippen molar-refractivity contribution in [2.45, 2.75) is 334 Å². The largest absolute Gasteiger partial charge is 0.756 e. The van der Waals surface area contributed by atoms with Crippen LogP contribution in [0.4, 0.5) is 0 Å². The molecule has 0 aromatic rings. The second kappa shape index (κ2) is 54.8. The van der Waals surface area contributed by atoms with E-state index >= 15 is 0 Å². The van der Waals surface area contributed by atoms with Gasteiger partial charge in [-0.2, -0.15) is 0 Å². The number of nitrogens with one attached hydrogen (secondary N) is 1. The molecule has 0 radical (unpaired) electrons. The van der Waals surface area contributed by atoms with Gasteiger partial charge >= 0.3 is 0 Å². The third-order valence-electron chi connectivity index (χ3n) is 14.7. The third kappa shape index (κ3) is 56.7. The highest BCUT2D eigenvalue weighted by molar-refractivity contribution is 7.45. The maximum atomic E-state index is 13.0. The van der Waals surface area contributed by atoms with E-state index in [4.69, 9.17) is 9.05 Å². The van der Waals surface area contributed by atoms with Crippen LogP contribution >= 0.6 is 7.82 Å². The molecule has 72 heavy (non-hydrogen) atoms. The van der Waals surface area contributed by atoms with Crippen LogP contribution in [0.25, 0.3) is 0 Å². The number of hydrogen-bond donors (Lipinski definition) is 2. The first-order valence-electron chi connectivity index (χ1n) is 31.7. The molecule has 0 aromatic heterocycles. The summed E-state index contributed by atoms with van der Waals surface area (Å²) in [7, 11) is 1.28. The molecular weight excluding hydrogens is 912 g/mol. The molecule has 0 aromatic carbocycles. The van der Waals surface area contributed by atoms with Gasteiger partial charge in [0.05, 0.1) is 39.9 Å². The second-order valence-electron chi connectivity index (χ2n) is 23.1. The number of rotatable bonds is 59. The topological polar surface area (TPSA) is 108 Å². The minimum absolute atomic E-state index is 0.00118. The quantitative estimate of drug-likeness (QED) is 0.0272. The van der Waals surface area contributed by atoms with E-state index < -0.39 is 20.0 Å². The number of phosphoric acid groups is 1. The summed E-state index contributed by atoms with van der Waals surface area (Å²) in [6.07, 6.45) is 69.9. The third-order valence-corrected chi connectivity index (χ3v) is 15.6. The molecule has 2 N–H and O–H groups in total. The number of aliphatic hydroxyl groups excluding tert-OH is 1. The smallest absolute Gasteiger partial charge is 0.268 e. The molecule has 0 bridgehead atoms. The highest BCUT2D eigenvalue weighted by atomic mass is 31.2. The van der Waals surface area contributed by atoms with Crippen molar-refractivity contribution >= 4 is 13.7 Å². The Morgan fingerprint density at radius 1 is 0.472 bits per heavy atom. The fourth-order valence-electron chi connectivity index (χ4n) is 9.68. The molecule has 0 heterocycles. The number of carbonyl (C=O) groups excluding carboxylic acids is 1. The van der Waals surface area contributed by atoms with Crippen LogP contribution in [-0.4, -0.2) is 68.5 Å². The Labute approximate surface area is 449 Å². The summed E-state index contributed by atoms with van der Waals surface area (Å²) in [6.45, 7) is 4.70. The molecule has 0 aliphatic carbocycles. The van der Waals surface area contributed by atoms with Crippen molar-refractivity contribution in [2.24, 2.45) is 0 Å². The summed E-state index contributed by atoms with van der Waals surface area (Å²) in [6, 6.07) is -0.885. The molecule has 0 fully saturated rings. The monoisotopic (exact) mass is 1040 g/mol. The van der Waals surface area contributed by atoms with Gasteiger partial charge in [-0.1, -0.05) is 295 Å². The number of allylic oxidation sites excluding steroid dienone is 3. The summed E-state index contributed by atoms with van der Waals surface area (Å²) in [5, 5.41) is 13.9. The molecule has 9 heteroatoms. The zero-order chi connectivity index (χ0) is 52.7. The van der Waals surface area contributed by atoms with E-state index in [2.05, 4.69) is 31.3 Å². The Bertz CT molecular complexity index is 1220. The van der Waals surface area contributed by atoms with Crippen molar-refractivity contribution in [3.8, 4) is 0 Å². The van der Waals surface area contributed by atoms with E-state index in [-0.39, 0.29) is 19.1 Å². The van der Waals surface area contributed by atoms with Gasteiger partial charge in [-0.25, -0.2) is 0 Å². The van der Waals surface area contributed by atoms with Crippen LogP contribution in [0.3, 0.4) is 0 Å². The summed E-state index contributed by atoms with van der Waals surface area (Å²) in [4.78, 5) is 25.6.